The van der Waals surface area contributed by atoms with Gasteiger partial charge in [-0.05, 0) is 6.92 Å². The first kappa shape index (κ1) is 10.4. The van der Waals surface area contributed by atoms with Gasteiger partial charge in [-0.25, -0.2) is 0 Å². The molecule has 2 heterocycles. The Hall–Kier alpha value is -2.11. The molecule has 0 spiro atoms. The molecule has 1 amide bonds. The Morgan fingerprint density at radius 1 is 1.62 bits per heavy atom. The molecule has 6 heteroatoms. The molecule has 0 bridgehead atoms. The van der Waals surface area contributed by atoms with Crippen molar-refractivity contribution in [2.75, 3.05) is 7.05 Å². The second-order valence-corrected chi connectivity index (χ2v) is 3.60. The van der Waals surface area contributed by atoms with Gasteiger partial charge in [-0.1, -0.05) is 5.16 Å². The summed E-state index contributed by atoms with van der Waals surface area (Å²) in [5, 5.41) is 10.2. The van der Waals surface area contributed by atoms with Crippen LogP contribution in [0, 0.1) is 6.92 Å². The zero-order chi connectivity index (χ0) is 11.5. The van der Waals surface area contributed by atoms with Gasteiger partial charge in [-0.2, -0.15) is 5.10 Å². The van der Waals surface area contributed by atoms with Crippen molar-refractivity contribution in [3.63, 3.8) is 0 Å². The third-order valence-corrected chi connectivity index (χ3v) is 2.16. The summed E-state index contributed by atoms with van der Waals surface area (Å²) in [6, 6.07) is 1.62. The van der Waals surface area contributed by atoms with Crippen LogP contribution in [0.5, 0.6) is 0 Å². The number of carbonyl (C=O) groups is 1. The van der Waals surface area contributed by atoms with Gasteiger partial charge in [0.05, 0.1) is 11.9 Å². The molecule has 0 aliphatic heterocycles. The number of aromatic amines is 1. The lowest BCUT2D eigenvalue weighted by Gasteiger charge is -2.13. The first-order valence-electron chi connectivity index (χ1n) is 4.83. The predicted molar refractivity (Wildman–Crippen MR) is 55.6 cm³/mol. The Bertz CT molecular complexity index is 475. The van der Waals surface area contributed by atoms with Gasteiger partial charge in [-0.15, -0.1) is 0 Å². The van der Waals surface area contributed by atoms with Crippen LogP contribution in [-0.2, 0) is 6.54 Å². The van der Waals surface area contributed by atoms with Gasteiger partial charge < -0.3 is 9.42 Å². The predicted octanol–water partition coefficient (Wildman–Crippen LogP) is 0.978. The normalized spacial score (nSPS) is 10.4. The van der Waals surface area contributed by atoms with Gasteiger partial charge in [0.1, 0.15) is 0 Å². The minimum Gasteiger partial charge on any atom is -0.351 e. The molecule has 0 aliphatic rings. The molecule has 2 aromatic heterocycles. The van der Waals surface area contributed by atoms with Crippen molar-refractivity contribution in [1.29, 1.82) is 0 Å². The van der Waals surface area contributed by atoms with Crippen LogP contribution in [0.15, 0.2) is 23.0 Å². The second kappa shape index (κ2) is 4.18. The quantitative estimate of drug-likeness (QED) is 0.836. The number of amides is 1. The van der Waals surface area contributed by atoms with Crippen molar-refractivity contribution >= 4 is 5.91 Å². The fraction of sp³-hybridized carbons (Fsp3) is 0.300. The van der Waals surface area contributed by atoms with Crippen LogP contribution in [-0.4, -0.2) is 33.2 Å². The van der Waals surface area contributed by atoms with Crippen LogP contribution < -0.4 is 0 Å². The summed E-state index contributed by atoms with van der Waals surface area (Å²) >= 11 is 0. The molecule has 2 aromatic rings. The van der Waals surface area contributed by atoms with E-state index in [9.17, 15) is 4.79 Å². The highest BCUT2D eigenvalue weighted by Gasteiger charge is 2.16. The van der Waals surface area contributed by atoms with Crippen LogP contribution in [0.4, 0.5) is 0 Å². The first-order valence-corrected chi connectivity index (χ1v) is 4.83. The molecule has 0 unspecified atom stereocenters. The third-order valence-electron chi connectivity index (χ3n) is 2.16. The second-order valence-electron chi connectivity index (χ2n) is 3.60. The maximum Gasteiger partial charge on any atom is 0.292 e. The molecule has 16 heavy (non-hydrogen) atoms. The minimum atomic E-state index is -0.193. The molecule has 0 saturated carbocycles. The molecule has 1 N–H and O–H groups in total. The van der Waals surface area contributed by atoms with Crippen LogP contribution >= 0.6 is 0 Å². The number of rotatable bonds is 3. The highest BCUT2D eigenvalue weighted by atomic mass is 16.5. The van der Waals surface area contributed by atoms with E-state index in [1.807, 2.05) is 0 Å². The monoisotopic (exact) mass is 220 g/mol. The summed E-state index contributed by atoms with van der Waals surface area (Å²) in [6.07, 6.45) is 3.42. The zero-order valence-corrected chi connectivity index (χ0v) is 9.10. The molecule has 6 nitrogen and oxygen atoms in total. The summed E-state index contributed by atoms with van der Waals surface area (Å²) in [5.74, 6) is 0.0605. The van der Waals surface area contributed by atoms with Gasteiger partial charge in [0.2, 0.25) is 5.76 Å². The molecule has 0 aliphatic carbocycles. The van der Waals surface area contributed by atoms with E-state index in [0.29, 0.717) is 12.2 Å². The number of H-pyrrole nitrogens is 1. The van der Waals surface area contributed by atoms with Gasteiger partial charge >= 0.3 is 0 Å². The molecule has 0 saturated heterocycles. The SMILES string of the molecule is Cc1cc(C(=O)N(C)Cc2cn[nH]c2)on1. The maximum absolute atomic E-state index is 11.8. The number of nitrogens with zero attached hydrogens (tertiary/aromatic N) is 3. The van der Waals surface area contributed by atoms with E-state index < -0.39 is 0 Å². The molecular formula is C10H12N4O2. The number of hydrogen-bond donors (Lipinski definition) is 1. The van der Waals surface area contributed by atoms with Gasteiger partial charge in [0, 0.05) is 31.4 Å². The molecule has 84 valence electrons. The fourth-order valence-electron chi connectivity index (χ4n) is 1.36. The molecular weight excluding hydrogens is 208 g/mol. The molecule has 2 rings (SSSR count). The van der Waals surface area contributed by atoms with E-state index >= 15 is 0 Å². The highest BCUT2D eigenvalue weighted by Crippen LogP contribution is 2.08. The van der Waals surface area contributed by atoms with Crippen molar-refractivity contribution in [1.82, 2.24) is 20.3 Å². The van der Waals surface area contributed by atoms with Crippen molar-refractivity contribution in [2.45, 2.75) is 13.5 Å². The number of hydrogen-bond acceptors (Lipinski definition) is 4. The largest absolute Gasteiger partial charge is 0.351 e. The van der Waals surface area contributed by atoms with E-state index in [-0.39, 0.29) is 11.7 Å². The molecule has 0 radical (unpaired) electrons. The first-order chi connectivity index (χ1) is 7.66. The maximum atomic E-state index is 11.8. The molecule has 0 aromatic carbocycles. The lowest BCUT2D eigenvalue weighted by molar-refractivity contribution is 0.0743. The summed E-state index contributed by atoms with van der Waals surface area (Å²) in [4.78, 5) is 13.4. The summed E-state index contributed by atoms with van der Waals surface area (Å²) in [6.45, 7) is 2.26. The average Bonchev–Trinajstić information content (AvgIpc) is 2.88. The molecule has 0 atom stereocenters. The van der Waals surface area contributed by atoms with E-state index in [2.05, 4.69) is 15.4 Å². The van der Waals surface area contributed by atoms with E-state index in [1.54, 1.807) is 37.3 Å². The average molecular weight is 220 g/mol. The van der Waals surface area contributed by atoms with E-state index in [0.717, 1.165) is 5.56 Å². The summed E-state index contributed by atoms with van der Waals surface area (Å²) in [5.41, 5.74) is 1.63. The van der Waals surface area contributed by atoms with E-state index in [1.165, 1.54) is 0 Å². The smallest absolute Gasteiger partial charge is 0.292 e. The number of aryl methyl sites for hydroxylation is 1. The van der Waals surface area contributed by atoms with Gasteiger partial charge in [0.15, 0.2) is 0 Å². The van der Waals surface area contributed by atoms with Gasteiger partial charge in [-0.3, -0.25) is 9.89 Å². The highest BCUT2D eigenvalue weighted by molar-refractivity contribution is 5.91. The Balaban J connectivity index is 2.05. The van der Waals surface area contributed by atoms with Crippen molar-refractivity contribution in [2.24, 2.45) is 0 Å². The summed E-state index contributed by atoms with van der Waals surface area (Å²) < 4.78 is 4.90. The van der Waals surface area contributed by atoms with Crippen molar-refractivity contribution < 1.29 is 9.32 Å². The third kappa shape index (κ3) is 2.10. The zero-order valence-electron chi connectivity index (χ0n) is 9.10. The minimum absolute atomic E-state index is 0.193. The van der Waals surface area contributed by atoms with Crippen LogP contribution in [0.2, 0.25) is 0 Å². The number of aromatic nitrogens is 3. The summed E-state index contributed by atoms with van der Waals surface area (Å²) in [7, 11) is 1.70. The molecule has 0 fully saturated rings. The number of carbonyl (C=O) groups excluding carboxylic acids is 1. The standard InChI is InChI=1S/C10H12N4O2/c1-7-3-9(16-13-7)10(15)14(2)6-8-4-11-12-5-8/h3-5H,6H2,1-2H3,(H,11,12). The lowest BCUT2D eigenvalue weighted by atomic mass is 10.3. The van der Waals surface area contributed by atoms with Crippen LogP contribution in [0.3, 0.4) is 0 Å². The lowest BCUT2D eigenvalue weighted by Crippen LogP contribution is -2.25. The van der Waals surface area contributed by atoms with Crippen molar-refractivity contribution in [3.05, 3.63) is 35.5 Å². The van der Waals surface area contributed by atoms with Crippen LogP contribution in [0.1, 0.15) is 21.8 Å². The Labute approximate surface area is 92.2 Å². The number of nitrogens with one attached hydrogen (secondary N) is 1. The van der Waals surface area contributed by atoms with Crippen LogP contribution in [0.25, 0.3) is 0 Å². The Morgan fingerprint density at radius 3 is 3.00 bits per heavy atom. The fourth-order valence-corrected chi connectivity index (χ4v) is 1.36. The van der Waals surface area contributed by atoms with E-state index in [4.69, 9.17) is 4.52 Å². The Morgan fingerprint density at radius 2 is 2.44 bits per heavy atom. The topological polar surface area (TPSA) is 75.0 Å². The van der Waals surface area contributed by atoms with Crippen molar-refractivity contribution in [3.8, 4) is 0 Å². The Kier molecular flexibility index (Phi) is 2.72. The van der Waals surface area contributed by atoms with Gasteiger partial charge in [0.25, 0.3) is 5.91 Å².